The van der Waals surface area contributed by atoms with Crippen LogP contribution in [0.1, 0.15) is 56.7 Å². The molecule has 1 unspecified atom stereocenters. The highest BCUT2D eigenvalue weighted by Crippen LogP contribution is 2.29. The molecule has 1 N–H and O–H groups in total. The van der Waals surface area contributed by atoms with Crippen LogP contribution in [0.4, 0.5) is 0 Å². The van der Waals surface area contributed by atoms with Gasteiger partial charge < -0.3 is 14.7 Å². The zero-order valence-corrected chi connectivity index (χ0v) is 11.9. The van der Waals surface area contributed by atoms with Crippen molar-refractivity contribution >= 4 is 0 Å². The molecule has 2 saturated heterocycles. The lowest BCUT2D eigenvalue weighted by Gasteiger charge is -2.33. The van der Waals surface area contributed by atoms with Gasteiger partial charge in [-0.05, 0) is 52.7 Å². The number of nitrogens with zero attached hydrogens (tertiary/aromatic N) is 3. The average Bonchev–Trinajstić information content (AvgIpc) is 3.10. The number of hydrogen-bond donors (Lipinski definition) is 1. The van der Waals surface area contributed by atoms with Gasteiger partial charge in [0.05, 0.1) is 0 Å². The van der Waals surface area contributed by atoms with Gasteiger partial charge in [-0.25, -0.2) is 0 Å². The number of likely N-dealkylation sites (tertiary alicyclic amines) is 1. The number of aromatic nitrogens is 2. The van der Waals surface area contributed by atoms with Crippen LogP contribution in [0.2, 0.25) is 0 Å². The molecule has 1 aromatic rings. The van der Waals surface area contributed by atoms with Crippen LogP contribution in [-0.4, -0.2) is 47.3 Å². The van der Waals surface area contributed by atoms with Gasteiger partial charge >= 0.3 is 0 Å². The monoisotopic (exact) mass is 264 g/mol. The number of piperidine rings is 1. The van der Waals surface area contributed by atoms with Crippen LogP contribution in [-0.2, 0) is 0 Å². The third-order valence-corrected chi connectivity index (χ3v) is 4.49. The lowest BCUT2D eigenvalue weighted by atomic mass is 9.96. The average molecular weight is 264 g/mol. The molecule has 0 saturated carbocycles. The molecule has 1 aromatic heterocycles. The van der Waals surface area contributed by atoms with Crippen LogP contribution in [0.3, 0.4) is 0 Å². The normalized spacial score (nSPS) is 26.4. The molecule has 0 radical (unpaired) electrons. The Kier molecular flexibility index (Phi) is 3.84. The Morgan fingerprint density at radius 1 is 1.21 bits per heavy atom. The minimum absolute atomic E-state index is 0.452. The van der Waals surface area contributed by atoms with Gasteiger partial charge in [0, 0.05) is 24.4 Å². The highest BCUT2D eigenvalue weighted by atomic mass is 16.5. The summed E-state index contributed by atoms with van der Waals surface area (Å²) in [5, 5.41) is 7.54. The minimum Gasteiger partial charge on any atom is -0.339 e. The zero-order valence-electron chi connectivity index (χ0n) is 11.9. The molecule has 0 bridgehead atoms. The van der Waals surface area contributed by atoms with Crippen LogP contribution in [0.5, 0.6) is 0 Å². The molecule has 5 nitrogen and oxygen atoms in total. The largest absolute Gasteiger partial charge is 0.339 e. The first-order chi connectivity index (χ1) is 9.24. The molecule has 2 aliphatic rings. The third kappa shape index (κ3) is 2.82. The van der Waals surface area contributed by atoms with Crippen LogP contribution in [0.25, 0.3) is 0 Å². The van der Waals surface area contributed by atoms with E-state index in [4.69, 9.17) is 4.52 Å². The van der Waals surface area contributed by atoms with Crippen molar-refractivity contribution in [2.24, 2.45) is 0 Å². The summed E-state index contributed by atoms with van der Waals surface area (Å²) >= 11 is 0. The molecule has 1 atom stereocenters. The molecule has 0 spiro atoms. The van der Waals surface area contributed by atoms with Gasteiger partial charge in [0.15, 0.2) is 5.82 Å². The van der Waals surface area contributed by atoms with Gasteiger partial charge in [-0.2, -0.15) is 4.98 Å². The highest BCUT2D eigenvalue weighted by Gasteiger charge is 2.28. The maximum absolute atomic E-state index is 5.50. The van der Waals surface area contributed by atoms with E-state index in [0.717, 1.165) is 57.2 Å². The lowest BCUT2D eigenvalue weighted by Crippen LogP contribution is -2.37. The second kappa shape index (κ2) is 5.59. The van der Waals surface area contributed by atoms with Crippen molar-refractivity contribution in [1.82, 2.24) is 20.4 Å². The molecule has 3 heterocycles. The van der Waals surface area contributed by atoms with Gasteiger partial charge in [-0.15, -0.1) is 0 Å². The number of rotatable bonds is 3. The summed E-state index contributed by atoms with van der Waals surface area (Å²) in [6, 6.07) is 0.642. The van der Waals surface area contributed by atoms with E-state index in [-0.39, 0.29) is 0 Å². The molecule has 19 heavy (non-hydrogen) atoms. The standard InChI is InChI=1S/C14H24N4O/c1-10(2)18-7-4-11(5-8-18)14-16-13(17-19-14)12-3-6-15-9-12/h10-12,15H,3-9H2,1-2H3. The van der Waals surface area contributed by atoms with E-state index in [1.54, 1.807) is 0 Å². The summed E-state index contributed by atoms with van der Waals surface area (Å²) < 4.78 is 5.50. The molecule has 106 valence electrons. The smallest absolute Gasteiger partial charge is 0.229 e. The van der Waals surface area contributed by atoms with E-state index in [0.29, 0.717) is 17.9 Å². The quantitative estimate of drug-likeness (QED) is 0.901. The predicted octanol–water partition coefficient (Wildman–Crippen LogP) is 1.73. The Bertz CT molecular complexity index is 403. The van der Waals surface area contributed by atoms with Crippen LogP contribution >= 0.6 is 0 Å². The van der Waals surface area contributed by atoms with Gasteiger partial charge in [-0.1, -0.05) is 5.16 Å². The summed E-state index contributed by atoms with van der Waals surface area (Å²) in [7, 11) is 0. The van der Waals surface area contributed by atoms with E-state index in [1.165, 1.54) is 0 Å². The fourth-order valence-corrected chi connectivity index (χ4v) is 3.12. The molecule has 0 aromatic carbocycles. The first kappa shape index (κ1) is 13.1. The summed E-state index contributed by atoms with van der Waals surface area (Å²) in [6.07, 6.45) is 3.41. The van der Waals surface area contributed by atoms with Crippen molar-refractivity contribution in [3.63, 3.8) is 0 Å². The van der Waals surface area contributed by atoms with Crippen LogP contribution in [0.15, 0.2) is 4.52 Å². The number of hydrogen-bond acceptors (Lipinski definition) is 5. The summed E-state index contributed by atoms with van der Waals surface area (Å²) in [6.45, 7) is 8.87. The third-order valence-electron chi connectivity index (χ3n) is 4.49. The molecule has 3 rings (SSSR count). The van der Waals surface area contributed by atoms with Crippen molar-refractivity contribution in [2.45, 2.75) is 51.0 Å². The fourth-order valence-electron chi connectivity index (χ4n) is 3.12. The second-order valence-electron chi connectivity index (χ2n) is 6.08. The topological polar surface area (TPSA) is 54.2 Å². The van der Waals surface area contributed by atoms with E-state index in [9.17, 15) is 0 Å². The van der Waals surface area contributed by atoms with Crippen molar-refractivity contribution < 1.29 is 4.52 Å². The van der Waals surface area contributed by atoms with Crippen LogP contribution in [0, 0.1) is 0 Å². The molecule has 0 amide bonds. The van der Waals surface area contributed by atoms with E-state index < -0.39 is 0 Å². The Morgan fingerprint density at radius 2 is 2.00 bits per heavy atom. The molecule has 2 fully saturated rings. The fraction of sp³-hybridized carbons (Fsp3) is 0.857. The van der Waals surface area contributed by atoms with Crippen molar-refractivity contribution in [3.05, 3.63) is 11.7 Å². The van der Waals surface area contributed by atoms with Gasteiger partial charge in [0.25, 0.3) is 0 Å². The summed E-state index contributed by atoms with van der Waals surface area (Å²) in [5.41, 5.74) is 0. The van der Waals surface area contributed by atoms with E-state index in [1.807, 2.05) is 0 Å². The second-order valence-corrected chi connectivity index (χ2v) is 6.08. The molecule has 2 aliphatic heterocycles. The van der Waals surface area contributed by atoms with E-state index >= 15 is 0 Å². The number of nitrogens with one attached hydrogen (secondary N) is 1. The van der Waals surface area contributed by atoms with Crippen molar-refractivity contribution in [1.29, 1.82) is 0 Å². The Balaban J connectivity index is 1.61. The predicted molar refractivity (Wildman–Crippen MR) is 73.2 cm³/mol. The maximum atomic E-state index is 5.50. The molecular formula is C14H24N4O. The Hall–Kier alpha value is -0.940. The minimum atomic E-state index is 0.452. The van der Waals surface area contributed by atoms with Gasteiger partial charge in [0.2, 0.25) is 5.89 Å². The molecule has 0 aliphatic carbocycles. The Labute approximate surface area is 114 Å². The SMILES string of the molecule is CC(C)N1CCC(c2nc(C3CCNC3)no2)CC1. The van der Waals surface area contributed by atoms with Crippen LogP contribution < -0.4 is 5.32 Å². The first-order valence-corrected chi connectivity index (χ1v) is 7.52. The lowest BCUT2D eigenvalue weighted by molar-refractivity contribution is 0.160. The maximum Gasteiger partial charge on any atom is 0.229 e. The Morgan fingerprint density at radius 3 is 2.63 bits per heavy atom. The summed E-state index contributed by atoms with van der Waals surface area (Å²) in [4.78, 5) is 7.17. The highest BCUT2D eigenvalue weighted by molar-refractivity contribution is 5.03. The molecule has 5 heteroatoms. The van der Waals surface area contributed by atoms with E-state index in [2.05, 4.69) is 34.2 Å². The van der Waals surface area contributed by atoms with Crippen molar-refractivity contribution in [2.75, 3.05) is 26.2 Å². The first-order valence-electron chi connectivity index (χ1n) is 7.52. The molecular weight excluding hydrogens is 240 g/mol. The zero-order chi connectivity index (χ0) is 13.2. The van der Waals surface area contributed by atoms with Gasteiger partial charge in [-0.3, -0.25) is 0 Å². The summed E-state index contributed by atoms with van der Waals surface area (Å²) in [5.74, 6) is 2.69. The van der Waals surface area contributed by atoms with Crippen molar-refractivity contribution in [3.8, 4) is 0 Å². The van der Waals surface area contributed by atoms with Gasteiger partial charge in [0.1, 0.15) is 0 Å².